The lowest BCUT2D eigenvalue weighted by Gasteiger charge is -2.14. The van der Waals surface area contributed by atoms with Gasteiger partial charge in [-0.25, -0.2) is 9.79 Å². The summed E-state index contributed by atoms with van der Waals surface area (Å²) in [6.45, 7) is 5.86. The zero-order valence-corrected chi connectivity index (χ0v) is 20.7. The van der Waals surface area contributed by atoms with Crippen molar-refractivity contribution in [1.29, 1.82) is 0 Å². The third-order valence-electron chi connectivity index (χ3n) is 5.42. The molecule has 0 atom stereocenters. The highest BCUT2D eigenvalue weighted by molar-refractivity contribution is 8.15. The van der Waals surface area contributed by atoms with Crippen LogP contribution >= 0.6 is 11.8 Å². The van der Waals surface area contributed by atoms with Crippen molar-refractivity contribution in [2.75, 3.05) is 11.1 Å². The fourth-order valence-electron chi connectivity index (χ4n) is 3.51. The van der Waals surface area contributed by atoms with Crippen LogP contribution in [0.15, 0.2) is 57.0 Å². The lowest BCUT2D eigenvalue weighted by molar-refractivity contribution is -0.113. The van der Waals surface area contributed by atoms with E-state index in [-0.39, 0.29) is 22.3 Å². The molecule has 0 fully saturated rings. The molecule has 34 heavy (non-hydrogen) atoms. The smallest absolute Gasteiger partial charge is 0.333 e. The van der Waals surface area contributed by atoms with E-state index in [1.165, 1.54) is 14.1 Å². The summed E-state index contributed by atoms with van der Waals surface area (Å²) >= 11 is 1.02. The minimum absolute atomic E-state index is 0.0480. The Kier molecular flexibility index (Phi) is 7.78. The minimum Gasteiger partial charge on any atom is -0.494 e. The number of amides is 1. The molecular formula is C25H28N4O4S. The van der Waals surface area contributed by atoms with Crippen LogP contribution in [0.5, 0.6) is 5.88 Å². The molecule has 0 radical (unpaired) electrons. The molecule has 0 aliphatic heterocycles. The molecule has 0 aliphatic carbocycles. The second-order valence-corrected chi connectivity index (χ2v) is 8.92. The third kappa shape index (κ3) is 5.31. The van der Waals surface area contributed by atoms with E-state index in [1.54, 1.807) is 6.07 Å². The van der Waals surface area contributed by atoms with Crippen molar-refractivity contribution in [3.63, 3.8) is 0 Å². The van der Waals surface area contributed by atoms with E-state index in [0.29, 0.717) is 5.69 Å². The molecule has 0 unspecified atom stereocenters. The minimum atomic E-state index is -0.688. The van der Waals surface area contributed by atoms with Gasteiger partial charge in [0.15, 0.2) is 0 Å². The maximum atomic E-state index is 12.9. The number of anilines is 1. The number of aromatic nitrogens is 2. The number of carbonyl (C=O) groups is 1. The van der Waals surface area contributed by atoms with Crippen LogP contribution in [-0.2, 0) is 25.3 Å². The van der Waals surface area contributed by atoms with Gasteiger partial charge in [-0.15, -0.1) is 0 Å². The summed E-state index contributed by atoms with van der Waals surface area (Å²) < 4.78 is 1.88. The van der Waals surface area contributed by atoms with E-state index >= 15 is 0 Å². The van der Waals surface area contributed by atoms with Crippen LogP contribution in [0.2, 0.25) is 0 Å². The molecule has 1 heterocycles. The second-order valence-electron chi connectivity index (χ2n) is 7.96. The lowest BCUT2D eigenvalue weighted by Crippen LogP contribution is -2.39. The number of rotatable bonds is 6. The molecule has 3 aromatic rings. The van der Waals surface area contributed by atoms with E-state index in [1.807, 2.05) is 57.2 Å². The van der Waals surface area contributed by atoms with Crippen molar-refractivity contribution >= 4 is 34.1 Å². The highest BCUT2D eigenvalue weighted by Crippen LogP contribution is 2.25. The van der Waals surface area contributed by atoms with Crippen molar-refractivity contribution in [2.24, 2.45) is 19.1 Å². The van der Waals surface area contributed by atoms with Crippen LogP contribution in [0, 0.1) is 13.8 Å². The lowest BCUT2D eigenvalue weighted by atomic mass is 10.1. The molecule has 1 aromatic heterocycles. The van der Waals surface area contributed by atoms with E-state index in [0.717, 1.165) is 49.7 Å². The molecule has 9 heteroatoms. The number of aromatic hydroxyl groups is 1. The fraction of sp³-hybridized carbons (Fsp3) is 0.280. The Morgan fingerprint density at radius 2 is 1.79 bits per heavy atom. The molecular weight excluding hydrogens is 452 g/mol. The van der Waals surface area contributed by atoms with Crippen LogP contribution < -0.4 is 16.6 Å². The van der Waals surface area contributed by atoms with Gasteiger partial charge in [0.1, 0.15) is 10.6 Å². The first-order valence-corrected chi connectivity index (χ1v) is 11.8. The number of hydrogen-bond donors (Lipinski definition) is 2. The summed E-state index contributed by atoms with van der Waals surface area (Å²) in [6, 6.07) is 13.2. The summed E-state index contributed by atoms with van der Waals surface area (Å²) in [6.07, 6.45) is 0.770. The number of nitrogens with one attached hydrogen (secondary N) is 1. The van der Waals surface area contributed by atoms with Crippen molar-refractivity contribution < 1.29 is 9.90 Å². The number of nitrogens with zero attached hydrogens (tertiary/aromatic N) is 3. The zero-order chi connectivity index (χ0) is 25.0. The second kappa shape index (κ2) is 10.6. The van der Waals surface area contributed by atoms with Crippen LogP contribution in [0.25, 0.3) is 0 Å². The van der Waals surface area contributed by atoms with Gasteiger partial charge in [0.25, 0.3) is 5.56 Å². The summed E-state index contributed by atoms with van der Waals surface area (Å²) in [5, 5.41) is 13.7. The molecule has 0 saturated heterocycles. The fourth-order valence-corrected chi connectivity index (χ4v) is 4.34. The first-order valence-electron chi connectivity index (χ1n) is 10.8. The largest absolute Gasteiger partial charge is 0.494 e. The Morgan fingerprint density at radius 1 is 1.09 bits per heavy atom. The maximum absolute atomic E-state index is 12.9. The van der Waals surface area contributed by atoms with Gasteiger partial charge in [0, 0.05) is 19.8 Å². The average molecular weight is 481 g/mol. The van der Waals surface area contributed by atoms with Crippen molar-refractivity contribution in [3.05, 3.63) is 85.6 Å². The quantitative estimate of drug-likeness (QED) is 0.415. The maximum Gasteiger partial charge on any atom is 0.333 e. The number of aryl methyl sites for hydroxylation is 3. The standard InChI is InChI=1S/C25H28N4O4S/c1-6-17-11-8-10-16(3)21(17)27-19(30)14-34-22(26-18-12-7-9-15(2)13-18)20-23(31)28(4)25(33)29(5)24(20)32/h7-13,31H,6,14H2,1-5H3,(H,27,30). The molecule has 0 saturated carbocycles. The molecule has 3 rings (SSSR count). The van der Waals surface area contributed by atoms with Gasteiger partial charge in [-0.05, 0) is 49.1 Å². The van der Waals surface area contributed by atoms with Crippen molar-refractivity contribution in [3.8, 4) is 5.88 Å². The van der Waals surface area contributed by atoms with Gasteiger partial charge in [0.05, 0.1) is 11.4 Å². The number of aliphatic imine (C=N–C) groups is 1. The van der Waals surface area contributed by atoms with Crippen molar-refractivity contribution in [2.45, 2.75) is 27.2 Å². The Hall–Kier alpha value is -3.59. The molecule has 2 N–H and O–H groups in total. The topological polar surface area (TPSA) is 106 Å². The van der Waals surface area contributed by atoms with Crippen LogP contribution in [0.1, 0.15) is 29.2 Å². The van der Waals surface area contributed by atoms with Gasteiger partial charge in [-0.1, -0.05) is 49.0 Å². The summed E-state index contributed by atoms with van der Waals surface area (Å²) in [5.41, 5.74) is 2.80. The monoisotopic (exact) mass is 480 g/mol. The van der Waals surface area contributed by atoms with E-state index in [4.69, 9.17) is 0 Å². The van der Waals surface area contributed by atoms with E-state index in [9.17, 15) is 19.5 Å². The highest BCUT2D eigenvalue weighted by Gasteiger charge is 2.22. The SMILES string of the molecule is CCc1cccc(C)c1NC(=O)CSC(=Nc1cccc(C)c1)c1c(O)n(C)c(=O)n(C)c1=O. The molecule has 0 bridgehead atoms. The zero-order valence-electron chi connectivity index (χ0n) is 19.9. The van der Waals surface area contributed by atoms with E-state index < -0.39 is 17.1 Å². The van der Waals surface area contributed by atoms with Gasteiger partial charge in [0.2, 0.25) is 11.8 Å². The first-order chi connectivity index (χ1) is 16.1. The molecule has 1 amide bonds. The Bertz CT molecular complexity index is 1390. The van der Waals surface area contributed by atoms with Gasteiger partial charge in [-0.2, -0.15) is 0 Å². The first kappa shape index (κ1) is 25.0. The van der Waals surface area contributed by atoms with Crippen molar-refractivity contribution in [1.82, 2.24) is 9.13 Å². The Balaban J connectivity index is 2.00. The molecule has 0 aliphatic rings. The van der Waals surface area contributed by atoms with Gasteiger partial charge < -0.3 is 10.4 Å². The third-order valence-corrected chi connectivity index (χ3v) is 6.40. The Labute approximate surface area is 202 Å². The summed E-state index contributed by atoms with van der Waals surface area (Å²) in [7, 11) is 2.70. The van der Waals surface area contributed by atoms with Crippen LogP contribution in [0.4, 0.5) is 11.4 Å². The molecule has 2 aromatic carbocycles. The average Bonchev–Trinajstić information content (AvgIpc) is 2.81. The molecule has 178 valence electrons. The van der Waals surface area contributed by atoms with Crippen LogP contribution in [0.3, 0.4) is 0 Å². The summed E-state index contributed by atoms with van der Waals surface area (Å²) in [4.78, 5) is 42.5. The summed E-state index contributed by atoms with van der Waals surface area (Å²) in [5.74, 6) is -0.820. The number of hydrogen-bond acceptors (Lipinski definition) is 6. The number of carbonyl (C=O) groups excluding carboxylic acids is 1. The normalized spacial score (nSPS) is 11.5. The predicted molar refractivity (Wildman–Crippen MR) is 138 cm³/mol. The molecule has 0 spiro atoms. The van der Waals surface area contributed by atoms with Gasteiger partial charge >= 0.3 is 5.69 Å². The highest BCUT2D eigenvalue weighted by atomic mass is 32.2. The number of thioether (sulfide) groups is 1. The van der Waals surface area contributed by atoms with Crippen LogP contribution in [-0.4, -0.2) is 30.9 Å². The number of para-hydroxylation sites is 1. The predicted octanol–water partition coefficient (Wildman–Crippen LogP) is 3.42. The van der Waals surface area contributed by atoms with Gasteiger partial charge in [-0.3, -0.25) is 18.7 Å². The Morgan fingerprint density at radius 3 is 2.47 bits per heavy atom. The molecule has 8 nitrogen and oxygen atoms in total. The number of benzene rings is 2. The van der Waals surface area contributed by atoms with E-state index in [2.05, 4.69) is 10.3 Å².